The molecule has 1 aromatic carbocycles. The van der Waals surface area contributed by atoms with Crippen LogP contribution >= 0.6 is 0 Å². The quantitative estimate of drug-likeness (QED) is 0.657. The number of phenolic OH excluding ortho intramolecular Hbond substituents is 1. The number of rotatable bonds is 3. The number of benzene rings is 1. The first-order valence-corrected chi connectivity index (χ1v) is 5.62. The Balaban J connectivity index is 3.07. The van der Waals surface area contributed by atoms with Crippen LogP contribution in [0.25, 0.3) is 11.6 Å². The number of esters is 1. The van der Waals surface area contributed by atoms with E-state index in [4.69, 9.17) is 4.74 Å². The van der Waals surface area contributed by atoms with Crippen molar-refractivity contribution in [3.05, 3.63) is 42.5 Å². The first kappa shape index (κ1) is 14.0. The van der Waals surface area contributed by atoms with Crippen LogP contribution in [0.3, 0.4) is 0 Å². The van der Waals surface area contributed by atoms with Gasteiger partial charge in [-0.1, -0.05) is 25.3 Å². The van der Waals surface area contributed by atoms with Crippen LogP contribution in [0.4, 0.5) is 0 Å². The van der Waals surface area contributed by atoms with Gasteiger partial charge < -0.3 is 9.84 Å². The molecule has 1 aromatic rings. The topological polar surface area (TPSA) is 46.5 Å². The fourth-order valence-corrected chi connectivity index (χ4v) is 1.43. The summed E-state index contributed by atoms with van der Waals surface area (Å²) in [5.41, 5.74) is 0.879. The number of ether oxygens (including phenoxy) is 1. The number of aromatic hydroxyl groups is 1. The molecule has 1 N–H and O–H groups in total. The Bertz CT molecular complexity index is 493. The van der Waals surface area contributed by atoms with Crippen molar-refractivity contribution < 1.29 is 14.6 Å². The van der Waals surface area contributed by atoms with Gasteiger partial charge in [-0.3, -0.25) is 0 Å². The van der Waals surface area contributed by atoms with Gasteiger partial charge >= 0.3 is 5.97 Å². The van der Waals surface area contributed by atoms with Crippen molar-refractivity contribution in [3.63, 3.8) is 0 Å². The highest BCUT2D eigenvalue weighted by molar-refractivity contribution is 6.16. The van der Waals surface area contributed by atoms with Gasteiger partial charge in [-0.2, -0.15) is 0 Å². The average Bonchev–Trinajstić information content (AvgIpc) is 2.25. The highest BCUT2D eigenvalue weighted by atomic mass is 16.6. The van der Waals surface area contributed by atoms with E-state index in [0.29, 0.717) is 5.56 Å². The Hall–Kier alpha value is -2.03. The number of carbonyl (C=O) groups is 1. The summed E-state index contributed by atoms with van der Waals surface area (Å²) in [6.45, 7) is 12.7. The fourth-order valence-electron chi connectivity index (χ4n) is 1.43. The summed E-state index contributed by atoms with van der Waals surface area (Å²) in [4.78, 5) is 11.9. The number of hydrogen-bond acceptors (Lipinski definition) is 3. The number of carbonyl (C=O) groups excluding carboxylic acids is 1. The minimum absolute atomic E-state index is 0.0697. The predicted molar refractivity (Wildman–Crippen MR) is 73.1 cm³/mol. The molecule has 3 heteroatoms. The molecule has 96 valence electrons. The van der Waals surface area contributed by atoms with Crippen molar-refractivity contribution in [2.75, 3.05) is 0 Å². The van der Waals surface area contributed by atoms with Crippen LogP contribution in [0.5, 0.6) is 5.75 Å². The molecule has 0 saturated heterocycles. The van der Waals surface area contributed by atoms with Gasteiger partial charge in [0.15, 0.2) is 0 Å². The SMILES string of the molecule is C=Cc1ccc(O)cc1C(=C)C(=O)OC(C)(C)C. The molecule has 0 unspecified atom stereocenters. The van der Waals surface area contributed by atoms with Crippen LogP contribution in [-0.4, -0.2) is 16.7 Å². The molecule has 18 heavy (non-hydrogen) atoms. The zero-order chi connectivity index (χ0) is 13.9. The first-order chi connectivity index (χ1) is 8.24. The van der Waals surface area contributed by atoms with E-state index in [1.54, 1.807) is 32.9 Å². The van der Waals surface area contributed by atoms with E-state index in [0.717, 1.165) is 5.56 Å². The van der Waals surface area contributed by atoms with Crippen LogP contribution in [0.15, 0.2) is 31.4 Å². The second kappa shape index (κ2) is 5.08. The van der Waals surface area contributed by atoms with Crippen LogP contribution in [0.2, 0.25) is 0 Å². The molecule has 0 heterocycles. The van der Waals surface area contributed by atoms with Crippen LogP contribution in [0.1, 0.15) is 31.9 Å². The first-order valence-electron chi connectivity index (χ1n) is 5.62. The van der Waals surface area contributed by atoms with E-state index in [-0.39, 0.29) is 11.3 Å². The molecule has 0 radical (unpaired) electrons. The molecule has 0 spiro atoms. The highest BCUT2D eigenvalue weighted by Gasteiger charge is 2.20. The molecular weight excluding hydrogens is 228 g/mol. The largest absolute Gasteiger partial charge is 0.508 e. The number of hydrogen-bond donors (Lipinski definition) is 1. The minimum Gasteiger partial charge on any atom is -0.508 e. The molecule has 0 aliphatic rings. The smallest absolute Gasteiger partial charge is 0.338 e. The standard InChI is InChI=1S/C15H18O3/c1-6-11-7-8-12(16)9-13(11)10(2)14(17)18-15(3,4)5/h6-9,16H,1-2H2,3-5H3. The molecule has 0 atom stereocenters. The second-order valence-electron chi connectivity index (χ2n) is 4.96. The average molecular weight is 246 g/mol. The lowest BCUT2D eigenvalue weighted by Crippen LogP contribution is -2.24. The van der Waals surface area contributed by atoms with Gasteiger partial charge in [-0.25, -0.2) is 4.79 Å². The molecule has 0 amide bonds. The third kappa shape index (κ3) is 3.48. The molecule has 0 aliphatic carbocycles. The predicted octanol–water partition coefficient (Wildman–Crippen LogP) is 3.39. The van der Waals surface area contributed by atoms with Crippen LogP contribution < -0.4 is 0 Å². The molecule has 0 aromatic heterocycles. The molecule has 0 aliphatic heterocycles. The zero-order valence-corrected chi connectivity index (χ0v) is 11.0. The Labute approximate surface area is 107 Å². The Morgan fingerprint density at radius 3 is 2.50 bits per heavy atom. The van der Waals surface area contributed by atoms with Gasteiger partial charge in [0, 0.05) is 0 Å². The molecule has 3 nitrogen and oxygen atoms in total. The monoisotopic (exact) mass is 246 g/mol. The van der Waals surface area contributed by atoms with E-state index in [2.05, 4.69) is 13.2 Å². The summed E-state index contributed by atoms with van der Waals surface area (Å²) >= 11 is 0. The van der Waals surface area contributed by atoms with Crippen molar-refractivity contribution in [1.29, 1.82) is 0 Å². The highest BCUT2D eigenvalue weighted by Crippen LogP contribution is 2.25. The summed E-state index contributed by atoms with van der Waals surface area (Å²) in [5, 5.41) is 9.47. The van der Waals surface area contributed by atoms with E-state index < -0.39 is 11.6 Å². The fraction of sp³-hybridized carbons (Fsp3) is 0.267. The Morgan fingerprint density at radius 1 is 1.39 bits per heavy atom. The second-order valence-corrected chi connectivity index (χ2v) is 4.96. The van der Waals surface area contributed by atoms with Gasteiger partial charge in [-0.15, -0.1) is 0 Å². The van der Waals surface area contributed by atoms with Crippen molar-refractivity contribution in [1.82, 2.24) is 0 Å². The summed E-state index contributed by atoms with van der Waals surface area (Å²) in [6.07, 6.45) is 1.60. The van der Waals surface area contributed by atoms with E-state index >= 15 is 0 Å². The van der Waals surface area contributed by atoms with Gasteiger partial charge in [0.1, 0.15) is 11.4 Å². The lowest BCUT2D eigenvalue weighted by molar-refractivity contribution is -0.147. The third-order valence-corrected chi connectivity index (χ3v) is 2.23. The maximum atomic E-state index is 11.9. The molecule has 0 bridgehead atoms. The normalized spacial score (nSPS) is 10.8. The summed E-state index contributed by atoms with van der Waals surface area (Å²) in [5.74, 6) is -0.434. The maximum absolute atomic E-state index is 11.9. The molecule has 0 saturated carbocycles. The molecule has 1 rings (SSSR count). The van der Waals surface area contributed by atoms with Crippen LogP contribution in [-0.2, 0) is 9.53 Å². The lowest BCUT2D eigenvalue weighted by Gasteiger charge is -2.20. The molecular formula is C15H18O3. The Kier molecular flexibility index (Phi) is 3.96. The maximum Gasteiger partial charge on any atom is 0.338 e. The zero-order valence-electron chi connectivity index (χ0n) is 11.0. The summed E-state index contributed by atoms with van der Waals surface area (Å²) in [6, 6.07) is 4.68. The van der Waals surface area contributed by atoms with Gasteiger partial charge in [0.05, 0.1) is 5.57 Å². The van der Waals surface area contributed by atoms with E-state index in [1.807, 2.05) is 0 Å². The number of phenols is 1. The van der Waals surface area contributed by atoms with Crippen molar-refractivity contribution in [2.45, 2.75) is 26.4 Å². The third-order valence-electron chi connectivity index (χ3n) is 2.23. The summed E-state index contributed by atoms with van der Waals surface area (Å²) < 4.78 is 5.24. The van der Waals surface area contributed by atoms with Gasteiger partial charge in [0.25, 0.3) is 0 Å². The van der Waals surface area contributed by atoms with E-state index in [1.165, 1.54) is 12.1 Å². The Morgan fingerprint density at radius 2 is 2.00 bits per heavy atom. The van der Waals surface area contributed by atoms with Crippen molar-refractivity contribution in [3.8, 4) is 5.75 Å². The molecule has 0 fully saturated rings. The van der Waals surface area contributed by atoms with E-state index in [9.17, 15) is 9.90 Å². The van der Waals surface area contributed by atoms with Crippen LogP contribution in [0, 0.1) is 0 Å². The lowest BCUT2D eigenvalue weighted by atomic mass is 10.00. The van der Waals surface area contributed by atoms with Gasteiger partial charge in [-0.05, 0) is 44.0 Å². The van der Waals surface area contributed by atoms with Crippen molar-refractivity contribution in [2.24, 2.45) is 0 Å². The minimum atomic E-state index is -0.578. The van der Waals surface area contributed by atoms with Crippen molar-refractivity contribution >= 4 is 17.6 Å². The summed E-state index contributed by atoms with van der Waals surface area (Å²) in [7, 11) is 0. The van der Waals surface area contributed by atoms with Gasteiger partial charge in [0.2, 0.25) is 0 Å².